The molecule has 0 saturated heterocycles. The van der Waals surface area contributed by atoms with Gasteiger partial charge in [-0.15, -0.1) is 11.8 Å². The molecule has 0 unspecified atom stereocenters. The summed E-state index contributed by atoms with van der Waals surface area (Å²) < 4.78 is 0.720. The highest BCUT2D eigenvalue weighted by Gasteiger charge is 2.31. The third-order valence-electron chi connectivity index (χ3n) is 4.88. The van der Waals surface area contributed by atoms with E-state index in [0.29, 0.717) is 0 Å². The van der Waals surface area contributed by atoms with E-state index >= 15 is 0 Å². The first kappa shape index (κ1) is 17.5. The van der Waals surface area contributed by atoms with Crippen LogP contribution in [0.5, 0.6) is 5.75 Å². The van der Waals surface area contributed by atoms with Crippen LogP contribution in [-0.2, 0) is 0 Å². The zero-order valence-corrected chi connectivity index (χ0v) is 16.8. The summed E-state index contributed by atoms with van der Waals surface area (Å²) in [6.45, 7) is 2.11. The molecule has 2 heterocycles. The predicted molar refractivity (Wildman–Crippen MR) is 112 cm³/mol. The Hall–Kier alpha value is -1.89. The summed E-state index contributed by atoms with van der Waals surface area (Å²) in [6.07, 6.45) is 2.10. The van der Waals surface area contributed by atoms with Gasteiger partial charge in [-0.3, -0.25) is 0 Å². The molecule has 0 bridgehead atoms. The number of aliphatic hydroxyl groups excluding tert-OH is 1. The molecule has 4 rings (SSSR count). The summed E-state index contributed by atoms with van der Waals surface area (Å²) in [7, 11) is 1.94. The molecule has 2 aliphatic rings. The second-order valence-electron chi connectivity index (χ2n) is 6.37. The molecule has 0 aliphatic carbocycles. The van der Waals surface area contributed by atoms with Crippen molar-refractivity contribution in [1.29, 1.82) is 0 Å². The van der Waals surface area contributed by atoms with Crippen molar-refractivity contribution in [2.45, 2.75) is 13.0 Å². The number of hydrogen-bond acceptors (Lipinski definition) is 5. The van der Waals surface area contributed by atoms with Crippen LogP contribution < -0.4 is 10.6 Å². The van der Waals surface area contributed by atoms with Gasteiger partial charge < -0.3 is 20.8 Å². The van der Waals surface area contributed by atoms with E-state index < -0.39 is 0 Å². The van der Waals surface area contributed by atoms with Crippen molar-refractivity contribution >= 4 is 39.0 Å². The molecule has 1 atom stereocenters. The fourth-order valence-corrected chi connectivity index (χ4v) is 4.85. The van der Waals surface area contributed by atoms with Crippen LogP contribution in [0, 0.1) is 0 Å². The van der Waals surface area contributed by atoms with E-state index in [0.717, 1.165) is 43.1 Å². The third-order valence-corrected chi connectivity index (χ3v) is 6.54. The van der Waals surface area contributed by atoms with Crippen molar-refractivity contribution in [3.8, 4) is 16.9 Å². The summed E-state index contributed by atoms with van der Waals surface area (Å²) in [5.41, 5.74) is 5.58. The molecule has 0 aromatic heterocycles. The quantitative estimate of drug-likeness (QED) is 0.491. The summed E-state index contributed by atoms with van der Waals surface area (Å²) in [5, 5.41) is 27.4. The van der Waals surface area contributed by atoms with E-state index in [-0.39, 0.29) is 17.7 Å². The number of phenolic OH excluding ortho intramolecular Hbond substituents is 1. The number of fused-ring (bicyclic) bond motifs is 3. The Balaban J connectivity index is 1.91. The maximum absolute atomic E-state index is 10.7. The molecule has 6 heteroatoms. The Morgan fingerprint density at radius 2 is 1.92 bits per heavy atom. The Kier molecular flexibility index (Phi) is 4.50. The van der Waals surface area contributed by atoms with E-state index in [4.69, 9.17) is 0 Å². The number of thioether (sulfide) groups is 1. The van der Waals surface area contributed by atoms with Crippen molar-refractivity contribution < 1.29 is 10.2 Å². The van der Waals surface area contributed by atoms with E-state index in [2.05, 4.69) is 51.7 Å². The van der Waals surface area contributed by atoms with Crippen LogP contribution in [0.25, 0.3) is 16.7 Å². The normalized spacial score (nSPS) is 16.7. The van der Waals surface area contributed by atoms with Crippen molar-refractivity contribution in [2.24, 2.45) is 0 Å². The number of aromatic hydroxyl groups is 1. The summed E-state index contributed by atoms with van der Waals surface area (Å²) >= 11 is 5.10. The molecule has 0 radical (unpaired) electrons. The lowest BCUT2D eigenvalue weighted by Gasteiger charge is -2.25. The maximum Gasteiger partial charge on any atom is 0.203 e. The minimum Gasteiger partial charge on any atom is -0.507 e. The monoisotopic (exact) mass is 430 g/mol. The largest absolute Gasteiger partial charge is 0.507 e. The van der Waals surface area contributed by atoms with Gasteiger partial charge in [-0.05, 0) is 47.1 Å². The van der Waals surface area contributed by atoms with Gasteiger partial charge in [0.2, 0.25) is 5.88 Å². The lowest BCUT2D eigenvalue weighted by Crippen LogP contribution is -2.12. The minimum atomic E-state index is 0.168. The van der Waals surface area contributed by atoms with E-state index in [9.17, 15) is 10.2 Å². The van der Waals surface area contributed by atoms with Gasteiger partial charge in [0.15, 0.2) is 0 Å². The van der Waals surface area contributed by atoms with Crippen molar-refractivity contribution in [1.82, 2.24) is 5.32 Å². The zero-order chi connectivity index (χ0) is 18.4. The van der Waals surface area contributed by atoms with Gasteiger partial charge in [-0.2, -0.15) is 0 Å². The molecule has 0 fully saturated rings. The van der Waals surface area contributed by atoms with Gasteiger partial charge in [-0.25, -0.2) is 0 Å². The van der Waals surface area contributed by atoms with Gasteiger partial charge in [0.25, 0.3) is 0 Å². The summed E-state index contributed by atoms with van der Waals surface area (Å²) in [4.78, 5) is 0.830. The number of halogens is 1. The van der Waals surface area contributed by atoms with E-state index in [1.165, 1.54) is 5.56 Å². The molecule has 134 valence electrons. The third kappa shape index (κ3) is 2.73. The number of rotatable bonds is 3. The molecule has 26 heavy (non-hydrogen) atoms. The highest BCUT2D eigenvalue weighted by molar-refractivity contribution is 9.10. The standard InChI is InChI=1S/C20H19BrN2O2S/c1-10(22-2)11-3-5-12(6-4-11)16-15(24)9-14(21)18-17(16)13-7-8-26-19(13)20(25)23-18/h3-7,9-10,22-25H,8H2,1-2H3/t10-/m1/s1. The summed E-state index contributed by atoms with van der Waals surface area (Å²) in [6, 6.07) is 10.2. The second-order valence-corrected chi connectivity index (χ2v) is 8.25. The molecule has 4 N–H and O–H groups in total. The highest BCUT2D eigenvalue weighted by Crippen LogP contribution is 2.53. The average Bonchev–Trinajstić information content (AvgIpc) is 3.13. The van der Waals surface area contributed by atoms with Crippen LogP contribution >= 0.6 is 27.7 Å². The lowest BCUT2D eigenvalue weighted by atomic mass is 9.89. The molecular weight excluding hydrogens is 412 g/mol. The van der Waals surface area contributed by atoms with E-state index in [1.54, 1.807) is 17.8 Å². The maximum atomic E-state index is 10.7. The Morgan fingerprint density at radius 1 is 1.19 bits per heavy atom. The number of anilines is 1. The van der Waals surface area contributed by atoms with Gasteiger partial charge in [0, 0.05) is 33.0 Å². The molecule has 2 aromatic carbocycles. The smallest absolute Gasteiger partial charge is 0.203 e. The molecule has 0 spiro atoms. The highest BCUT2D eigenvalue weighted by atomic mass is 79.9. The fourth-order valence-electron chi connectivity index (χ4n) is 3.39. The van der Waals surface area contributed by atoms with Crippen LogP contribution in [0.15, 0.2) is 51.7 Å². The van der Waals surface area contributed by atoms with Gasteiger partial charge in [-0.1, -0.05) is 30.3 Å². The number of nitrogens with one attached hydrogen (secondary N) is 2. The molecule has 0 amide bonds. The van der Waals surface area contributed by atoms with Gasteiger partial charge in [0.05, 0.1) is 10.6 Å². The first-order valence-electron chi connectivity index (χ1n) is 8.38. The molecule has 4 nitrogen and oxygen atoms in total. The average molecular weight is 431 g/mol. The van der Waals surface area contributed by atoms with E-state index in [1.807, 2.05) is 19.2 Å². The van der Waals surface area contributed by atoms with Crippen LogP contribution in [0.4, 0.5) is 5.69 Å². The topological polar surface area (TPSA) is 64.5 Å². The van der Waals surface area contributed by atoms with Crippen LogP contribution in [0.3, 0.4) is 0 Å². The van der Waals surface area contributed by atoms with Gasteiger partial charge in [0.1, 0.15) is 5.75 Å². The molecular formula is C20H19BrN2O2S. The number of benzene rings is 2. The van der Waals surface area contributed by atoms with Crippen molar-refractivity contribution in [2.75, 3.05) is 18.1 Å². The molecule has 2 aliphatic heterocycles. The minimum absolute atomic E-state index is 0.168. The zero-order valence-electron chi connectivity index (χ0n) is 14.4. The molecule has 2 aromatic rings. The summed E-state index contributed by atoms with van der Waals surface area (Å²) in [5.74, 6) is 1.19. The number of allylic oxidation sites excluding steroid dienone is 1. The number of phenols is 1. The van der Waals surface area contributed by atoms with Crippen LogP contribution in [0.1, 0.15) is 24.1 Å². The Bertz CT molecular complexity index is 951. The lowest BCUT2D eigenvalue weighted by molar-refractivity contribution is 0.417. The molecule has 0 saturated carbocycles. The first-order valence-corrected chi connectivity index (χ1v) is 10.2. The SMILES string of the molecule is CN[C@H](C)c1ccc(-c2c(O)cc(Br)c3c2C2=CCSC2=C(O)N3)cc1. The fraction of sp³-hybridized carbons (Fsp3) is 0.200. The van der Waals surface area contributed by atoms with Gasteiger partial charge >= 0.3 is 0 Å². The second kappa shape index (κ2) is 6.68. The number of hydrogen-bond donors (Lipinski definition) is 4. The first-order chi connectivity index (χ1) is 12.5. The van der Waals surface area contributed by atoms with Crippen LogP contribution in [-0.4, -0.2) is 23.0 Å². The predicted octanol–water partition coefficient (Wildman–Crippen LogP) is 5.38. The van der Waals surface area contributed by atoms with Crippen molar-refractivity contribution in [3.63, 3.8) is 0 Å². The Labute approximate surface area is 165 Å². The Morgan fingerprint density at radius 3 is 2.62 bits per heavy atom. The van der Waals surface area contributed by atoms with Crippen molar-refractivity contribution in [3.05, 3.63) is 62.8 Å². The number of aliphatic hydroxyl groups is 1. The van der Waals surface area contributed by atoms with Crippen LogP contribution in [0.2, 0.25) is 0 Å².